The number of benzene rings is 1. The number of nitrogens with zero attached hydrogens (tertiary/aromatic N) is 4. The van der Waals surface area contributed by atoms with Gasteiger partial charge in [-0.1, -0.05) is 12.1 Å². The minimum atomic E-state index is -4.45. The summed E-state index contributed by atoms with van der Waals surface area (Å²) in [4.78, 5) is 25.3. The maximum Gasteiger partial charge on any atom is 0.416 e. The van der Waals surface area contributed by atoms with E-state index in [0.29, 0.717) is 29.3 Å². The Morgan fingerprint density at radius 2 is 1.88 bits per heavy atom. The summed E-state index contributed by atoms with van der Waals surface area (Å²) in [6.45, 7) is 1.22. The molecule has 0 saturated heterocycles. The molecular weight excluding hydrogens is 419 g/mol. The second-order valence-corrected chi connectivity index (χ2v) is 7.57. The molecule has 6 nitrogen and oxygen atoms in total. The highest BCUT2D eigenvalue weighted by molar-refractivity contribution is 6.03. The Labute approximate surface area is 183 Å². The van der Waals surface area contributed by atoms with Crippen molar-refractivity contribution < 1.29 is 18.0 Å². The lowest BCUT2D eigenvalue weighted by atomic mass is 10.1. The van der Waals surface area contributed by atoms with Crippen LogP contribution in [0, 0.1) is 0 Å². The minimum absolute atomic E-state index is 0.333. The molecule has 9 heteroatoms. The number of aromatic nitrogens is 2. The molecule has 0 aliphatic carbocycles. The van der Waals surface area contributed by atoms with E-state index in [0.717, 1.165) is 37.2 Å². The third-order valence-electron chi connectivity index (χ3n) is 5.29. The second-order valence-electron chi connectivity index (χ2n) is 7.57. The van der Waals surface area contributed by atoms with Gasteiger partial charge in [-0.2, -0.15) is 13.2 Å². The van der Waals surface area contributed by atoms with Crippen LogP contribution in [0.15, 0.2) is 60.9 Å². The van der Waals surface area contributed by atoms with Crippen LogP contribution in [0.1, 0.15) is 18.4 Å². The number of pyridine rings is 2. The summed E-state index contributed by atoms with van der Waals surface area (Å²) in [5.74, 6) is 0.406. The maximum atomic E-state index is 13.2. The van der Waals surface area contributed by atoms with Crippen molar-refractivity contribution >= 4 is 23.2 Å². The van der Waals surface area contributed by atoms with E-state index in [1.54, 1.807) is 42.7 Å². The summed E-state index contributed by atoms with van der Waals surface area (Å²) in [6, 6.07) is 11.6. The number of alkyl halides is 3. The predicted molar refractivity (Wildman–Crippen MR) is 118 cm³/mol. The van der Waals surface area contributed by atoms with Gasteiger partial charge in [0.2, 0.25) is 0 Å². The fraction of sp³-hybridized carbons (Fsp3) is 0.261. The number of fused-ring (bicyclic) bond motifs is 1. The van der Waals surface area contributed by atoms with Gasteiger partial charge in [-0.25, -0.2) is 9.78 Å². The van der Waals surface area contributed by atoms with Crippen LogP contribution in [-0.4, -0.2) is 36.1 Å². The Morgan fingerprint density at radius 3 is 2.62 bits per heavy atom. The van der Waals surface area contributed by atoms with Crippen molar-refractivity contribution in [1.82, 2.24) is 9.97 Å². The van der Waals surface area contributed by atoms with Crippen LogP contribution >= 0.6 is 0 Å². The van der Waals surface area contributed by atoms with E-state index in [4.69, 9.17) is 0 Å². The first-order valence-corrected chi connectivity index (χ1v) is 10.2. The van der Waals surface area contributed by atoms with E-state index in [1.807, 2.05) is 11.9 Å². The van der Waals surface area contributed by atoms with Crippen molar-refractivity contribution in [2.45, 2.75) is 19.0 Å². The molecule has 0 radical (unpaired) electrons. The van der Waals surface area contributed by atoms with Gasteiger partial charge in [0.05, 0.1) is 28.8 Å². The van der Waals surface area contributed by atoms with Crippen LogP contribution in [0.4, 0.5) is 35.2 Å². The number of anilines is 3. The Morgan fingerprint density at radius 1 is 1.06 bits per heavy atom. The smallest absolute Gasteiger partial charge is 0.372 e. The highest BCUT2D eigenvalue weighted by Gasteiger charge is 2.31. The molecule has 2 aromatic heterocycles. The number of hydrogen-bond donors (Lipinski definition) is 1. The predicted octanol–water partition coefficient (Wildman–Crippen LogP) is 5.43. The fourth-order valence-corrected chi connectivity index (χ4v) is 3.62. The van der Waals surface area contributed by atoms with Crippen LogP contribution in [0.5, 0.6) is 0 Å². The van der Waals surface area contributed by atoms with Gasteiger partial charge >= 0.3 is 12.2 Å². The third kappa shape index (κ3) is 4.66. The number of urea groups is 1. The quantitative estimate of drug-likeness (QED) is 0.576. The van der Waals surface area contributed by atoms with Gasteiger partial charge in [0, 0.05) is 31.9 Å². The van der Waals surface area contributed by atoms with Crippen molar-refractivity contribution in [2.75, 3.05) is 35.3 Å². The lowest BCUT2D eigenvalue weighted by molar-refractivity contribution is -0.137. The molecule has 2 amide bonds. The summed E-state index contributed by atoms with van der Waals surface area (Å²) >= 11 is 0. The first kappa shape index (κ1) is 21.6. The monoisotopic (exact) mass is 441 g/mol. The van der Waals surface area contributed by atoms with Crippen molar-refractivity contribution in [3.8, 4) is 11.3 Å². The molecule has 1 aliphatic heterocycles. The number of halogens is 3. The third-order valence-corrected chi connectivity index (χ3v) is 5.29. The van der Waals surface area contributed by atoms with Gasteiger partial charge < -0.3 is 10.2 Å². The molecule has 3 heterocycles. The molecule has 0 fully saturated rings. The SMILES string of the molecule is CN1CCCCN(C(=O)Nc2cccnc2)c2nc(-c3cccc(C(F)(F)F)c3)ccc21. The highest BCUT2D eigenvalue weighted by atomic mass is 19.4. The number of hydrogen-bond acceptors (Lipinski definition) is 4. The average Bonchev–Trinajstić information content (AvgIpc) is 2.77. The van der Waals surface area contributed by atoms with Crippen molar-refractivity contribution in [1.29, 1.82) is 0 Å². The Hall–Kier alpha value is -3.62. The molecule has 1 aliphatic rings. The summed E-state index contributed by atoms with van der Waals surface area (Å²) in [5.41, 5.74) is 1.24. The molecule has 0 saturated carbocycles. The number of nitrogens with one attached hydrogen (secondary N) is 1. The van der Waals surface area contributed by atoms with Gasteiger partial charge in [-0.15, -0.1) is 0 Å². The largest absolute Gasteiger partial charge is 0.416 e. The Bertz CT molecular complexity index is 1100. The Kier molecular flexibility index (Phi) is 5.98. The number of amides is 2. The number of carbonyl (C=O) groups is 1. The van der Waals surface area contributed by atoms with E-state index in [-0.39, 0.29) is 6.03 Å². The van der Waals surface area contributed by atoms with Gasteiger partial charge in [0.15, 0.2) is 5.82 Å². The maximum absolute atomic E-state index is 13.2. The minimum Gasteiger partial charge on any atom is -0.372 e. The average molecular weight is 441 g/mol. The lowest BCUT2D eigenvalue weighted by Gasteiger charge is -2.31. The molecule has 0 unspecified atom stereocenters. The molecule has 0 bridgehead atoms. The zero-order chi connectivity index (χ0) is 22.7. The second kappa shape index (κ2) is 8.86. The molecule has 1 N–H and O–H groups in total. The van der Waals surface area contributed by atoms with Gasteiger partial charge in [-0.05, 0) is 49.2 Å². The zero-order valence-electron chi connectivity index (χ0n) is 17.4. The van der Waals surface area contributed by atoms with Gasteiger partial charge in [-0.3, -0.25) is 9.88 Å². The van der Waals surface area contributed by atoms with E-state index in [2.05, 4.69) is 15.3 Å². The topological polar surface area (TPSA) is 61.4 Å². The summed E-state index contributed by atoms with van der Waals surface area (Å²) in [7, 11) is 1.91. The van der Waals surface area contributed by atoms with Crippen molar-refractivity contribution in [2.24, 2.45) is 0 Å². The van der Waals surface area contributed by atoms with Crippen LogP contribution < -0.4 is 15.1 Å². The van der Waals surface area contributed by atoms with Crippen LogP contribution in [0.2, 0.25) is 0 Å². The highest BCUT2D eigenvalue weighted by Crippen LogP contribution is 2.35. The molecule has 32 heavy (non-hydrogen) atoms. The molecule has 3 aromatic rings. The van der Waals surface area contributed by atoms with Crippen LogP contribution in [0.25, 0.3) is 11.3 Å². The lowest BCUT2D eigenvalue weighted by Crippen LogP contribution is -2.39. The number of rotatable bonds is 2. The van der Waals surface area contributed by atoms with E-state index < -0.39 is 11.7 Å². The summed E-state index contributed by atoms with van der Waals surface area (Å²) in [6.07, 6.45) is 0.359. The standard InChI is InChI=1S/C23H22F3N5O/c1-30-12-2-3-13-31(22(32)28-18-8-5-11-27-15-18)21-20(30)10-9-19(29-21)16-6-4-7-17(14-16)23(24,25)26/h4-11,14-15H,2-3,12-13H2,1H3,(H,28,32). The van der Waals surface area contributed by atoms with Crippen molar-refractivity contribution in [3.63, 3.8) is 0 Å². The number of carbonyl (C=O) groups excluding carboxylic acids is 1. The summed E-state index contributed by atoms with van der Waals surface area (Å²) in [5, 5.41) is 2.82. The molecule has 0 spiro atoms. The molecular formula is C23H22F3N5O. The zero-order valence-corrected chi connectivity index (χ0v) is 17.4. The van der Waals surface area contributed by atoms with Gasteiger partial charge in [0.1, 0.15) is 0 Å². The van der Waals surface area contributed by atoms with E-state index in [9.17, 15) is 18.0 Å². The van der Waals surface area contributed by atoms with Gasteiger partial charge in [0.25, 0.3) is 0 Å². The Balaban J connectivity index is 1.74. The molecule has 1 aromatic carbocycles. The van der Waals surface area contributed by atoms with E-state index in [1.165, 1.54) is 11.0 Å². The first-order chi connectivity index (χ1) is 15.3. The normalized spacial score (nSPS) is 14.4. The first-order valence-electron chi connectivity index (χ1n) is 10.2. The molecule has 166 valence electrons. The molecule has 4 rings (SSSR count). The fourth-order valence-electron chi connectivity index (χ4n) is 3.62. The van der Waals surface area contributed by atoms with E-state index >= 15 is 0 Å². The summed E-state index contributed by atoms with van der Waals surface area (Å²) < 4.78 is 39.6. The van der Waals surface area contributed by atoms with Crippen LogP contribution in [0.3, 0.4) is 0 Å². The molecule has 0 atom stereocenters. The van der Waals surface area contributed by atoms with Crippen LogP contribution in [-0.2, 0) is 6.18 Å². The van der Waals surface area contributed by atoms with Crippen molar-refractivity contribution in [3.05, 3.63) is 66.5 Å².